The maximum Gasteiger partial charge on any atom is 0.410 e. The topological polar surface area (TPSA) is 75.7 Å². The third kappa shape index (κ3) is 8.50. The molecule has 1 heterocycles. The highest BCUT2D eigenvalue weighted by atomic mass is 32.2. The third-order valence-electron chi connectivity index (χ3n) is 4.85. The Bertz CT molecular complexity index is 731. The van der Waals surface area contributed by atoms with Gasteiger partial charge in [-0.3, -0.25) is 4.72 Å². The van der Waals surface area contributed by atoms with E-state index in [-0.39, 0.29) is 6.09 Å². The van der Waals surface area contributed by atoms with Crippen LogP contribution in [0.4, 0.5) is 10.5 Å². The maximum atomic E-state index is 12.1. The molecule has 0 unspecified atom stereocenters. The first-order chi connectivity index (χ1) is 13.0. The number of carbonyl (C=O) groups is 1. The summed E-state index contributed by atoms with van der Waals surface area (Å²) in [6, 6.07) is 7.57. The smallest absolute Gasteiger partial charge is 0.410 e. The summed E-state index contributed by atoms with van der Waals surface area (Å²) in [4.78, 5) is 13.9. The number of amides is 1. The molecule has 1 aliphatic rings. The molecule has 158 valence electrons. The lowest BCUT2D eigenvalue weighted by Crippen LogP contribution is -2.41. The van der Waals surface area contributed by atoms with Crippen molar-refractivity contribution in [3.05, 3.63) is 29.8 Å². The predicted molar refractivity (Wildman–Crippen MR) is 113 cm³/mol. The van der Waals surface area contributed by atoms with Crippen LogP contribution in [-0.2, 0) is 21.2 Å². The molecule has 0 radical (unpaired) electrons. The SMILES string of the molecule is CC(C)(C)OC(=O)N1CCC(CCCCc2ccc(NS(C)(=O)=O)cc2)CC1. The Morgan fingerprint density at radius 1 is 1.14 bits per heavy atom. The van der Waals surface area contributed by atoms with E-state index in [0.717, 1.165) is 45.0 Å². The number of ether oxygens (including phenoxy) is 1. The number of carbonyl (C=O) groups excluding carboxylic acids is 1. The number of nitrogens with zero attached hydrogens (tertiary/aromatic N) is 1. The van der Waals surface area contributed by atoms with Crippen LogP contribution in [-0.4, -0.2) is 44.4 Å². The van der Waals surface area contributed by atoms with Crippen molar-refractivity contribution < 1.29 is 17.9 Å². The Balaban J connectivity index is 1.64. The van der Waals surface area contributed by atoms with E-state index in [4.69, 9.17) is 4.74 Å². The van der Waals surface area contributed by atoms with Crippen molar-refractivity contribution in [2.24, 2.45) is 5.92 Å². The Morgan fingerprint density at radius 3 is 2.29 bits per heavy atom. The van der Waals surface area contributed by atoms with Crippen LogP contribution in [0.1, 0.15) is 58.4 Å². The van der Waals surface area contributed by atoms with Crippen LogP contribution in [0.2, 0.25) is 0 Å². The van der Waals surface area contributed by atoms with Gasteiger partial charge in [0.25, 0.3) is 0 Å². The van der Waals surface area contributed by atoms with Gasteiger partial charge in [0.1, 0.15) is 5.60 Å². The highest BCUT2D eigenvalue weighted by Gasteiger charge is 2.26. The molecule has 1 fully saturated rings. The zero-order valence-electron chi connectivity index (χ0n) is 17.5. The Morgan fingerprint density at radius 2 is 1.75 bits per heavy atom. The maximum absolute atomic E-state index is 12.1. The molecule has 1 aromatic carbocycles. The molecule has 0 aromatic heterocycles. The molecule has 0 bridgehead atoms. The second-order valence-corrected chi connectivity index (χ2v) is 10.5. The number of nitrogens with one attached hydrogen (secondary N) is 1. The van der Waals surface area contributed by atoms with Crippen molar-refractivity contribution >= 4 is 21.8 Å². The van der Waals surface area contributed by atoms with Crippen LogP contribution < -0.4 is 4.72 Å². The van der Waals surface area contributed by atoms with Gasteiger partial charge in [-0.25, -0.2) is 13.2 Å². The summed E-state index contributed by atoms with van der Waals surface area (Å²) in [7, 11) is -3.22. The van der Waals surface area contributed by atoms with E-state index in [1.54, 1.807) is 0 Å². The Kier molecular flexibility index (Phi) is 7.75. The van der Waals surface area contributed by atoms with Crippen LogP contribution in [0.25, 0.3) is 0 Å². The van der Waals surface area contributed by atoms with Gasteiger partial charge in [-0.05, 0) is 70.1 Å². The van der Waals surface area contributed by atoms with E-state index < -0.39 is 15.6 Å². The van der Waals surface area contributed by atoms with Crippen LogP contribution >= 0.6 is 0 Å². The number of anilines is 1. The predicted octanol–water partition coefficient (Wildman–Crippen LogP) is 4.42. The van der Waals surface area contributed by atoms with Crippen molar-refractivity contribution in [2.45, 2.75) is 64.9 Å². The molecule has 1 amide bonds. The standard InChI is InChI=1S/C21H34N2O4S/c1-21(2,3)27-20(24)23-15-13-18(14-16-23)8-6-5-7-17-9-11-19(12-10-17)22-28(4,25)26/h9-12,18,22H,5-8,13-16H2,1-4H3. The van der Waals surface area contributed by atoms with Crippen molar-refractivity contribution in [3.63, 3.8) is 0 Å². The van der Waals surface area contributed by atoms with E-state index in [9.17, 15) is 13.2 Å². The number of likely N-dealkylation sites (tertiary alicyclic amines) is 1. The molecule has 1 aromatic rings. The number of unbranched alkanes of at least 4 members (excludes halogenated alkanes) is 1. The minimum atomic E-state index is -3.22. The van der Waals surface area contributed by atoms with Crippen LogP contribution in [0.15, 0.2) is 24.3 Å². The minimum Gasteiger partial charge on any atom is -0.444 e. The molecule has 7 heteroatoms. The van der Waals surface area contributed by atoms with Gasteiger partial charge in [-0.2, -0.15) is 0 Å². The molecule has 28 heavy (non-hydrogen) atoms. The Hall–Kier alpha value is -1.76. The second-order valence-electron chi connectivity index (χ2n) is 8.73. The number of piperidine rings is 1. The number of aryl methyl sites for hydroxylation is 1. The molecule has 0 aliphatic carbocycles. The quantitative estimate of drug-likeness (QED) is 0.675. The number of rotatable bonds is 7. The fourth-order valence-corrected chi connectivity index (χ4v) is 4.01. The summed E-state index contributed by atoms with van der Waals surface area (Å²) in [5, 5.41) is 0. The van der Waals surface area contributed by atoms with E-state index in [0.29, 0.717) is 11.6 Å². The number of sulfonamides is 1. The summed E-state index contributed by atoms with van der Waals surface area (Å²) in [5.74, 6) is 0.681. The van der Waals surface area contributed by atoms with Crippen LogP contribution in [0, 0.1) is 5.92 Å². The molecule has 6 nitrogen and oxygen atoms in total. The zero-order chi connectivity index (χ0) is 20.8. The van der Waals surface area contributed by atoms with Crippen molar-refractivity contribution in [1.82, 2.24) is 4.90 Å². The van der Waals surface area contributed by atoms with E-state index >= 15 is 0 Å². The van der Waals surface area contributed by atoms with Gasteiger partial charge in [-0.1, -0.05) is 25.0 Å². The zero-order valence-corrected chi connectivity index (χ0v) is 18.3. The van der Waals surface area contributed by atoms with Gasteiger partial charge in [0.05, 0.1) is 6.26 Å². The van der Waals surface area contributed by atoms with Gasteiger partial charge in [0.15, 0.2) is 0 Å². The lowest BCUT2D eigenvalue weighted by atomic mass is 9.91. The molecule has 0 saturated carbocycles. The first kappa shape index (κ1) is 22.5. The number of hydrogen-bond donors (Lipinski definition) is 1. The number of benzene rings is 1. The number of hydrogen-bond acceptors (Lipinski definition) is 4. The molecule has 1 aliphatic heterocycles. The molecule has 1 N–H and O–H groups in total. The van der Waals surface area contributed by atoms with Crippen LogP contribution in [0.5, 0.6) is 0 Å². The Labute approximate surface area is 169 Å². The van der Waals surface area contributed by atoms with Crippen molar-refractivity contribution in [1.29, 1.82) is 0 Å². The van der Waals surface area contributed by atoms with Gasteiger partial charge in [0, 0.05) is 18.8 Å². The van der Waals surface area contributed by atoms with Gasteiger partial charge >= 0.3 is 6.09 Å². The monoisotopic (exact) mass is 410 g/mol. The molecule has 1 saturated heterocycles. The third-order valence-corrected chi connectivity index (χ3v) is 5.46. The minimum absolute atomic E-state index is 0.195. The largest absolute Gasteiger partial charge is 0.444 e. The summed E-state index contributed by atoms with van der Waals surface area (Å²) in [6.07, 6.45) is 7.52. The normalized spacial score (nSPS) is 16.1. The fraction of sp³-hybridized carbons (Fsp3) is 0.667. The summed E-state index contributed by atoms with van der Waals surface area (Å²) < 4.78 is 30.4. The fourth-order valence-electron chi connectivity index (χ4n) is 3.45. The van der Waals surface area contributed by atoms with E-state index in [1.165, 1.54) is 18.4 Å². The molecule has 0 spiro atoms. The lowest BCUT2D eigenvalue weighted by Gasteiger charge is -2.33. The average molecular weight is 411 g/mol. The average Bonchev–Trinajstić information content (AvgIpc) is 2.58. The second kappa shape index (κ2) is 9.63. The highest BCUT2D eigenvalue weighted by Crippen LogP contribution is 2.24. The van der Waals surface area contributed by atoms with E-state index in [2.05, 4.69) is 4.72 Å². The van der Waals surface area contributed by atoms with Gasteiger partial charge < -0.3 is 9.64 Å². The molecular formula is C21H34N2O4S. The van der Waals surface area contributed by atoms with Crippen molar-refractivity contribution in [3.8, 4) is 0 Å². The summed E-state index contributed by atoms with van der Waals surface area (Å²) in [5.41, 5.74) is 1.38. The lowest BCUT2D eigenvalue weighted by molar-refractivity contribution is 0.0180. The molecule has 2 rings (SSSR count). The van der Waals surface area contributed by atoms with E-state index in [1.807, 2.05) is 49.9 Å². The van der Waals surface area contributed by atoms with Gasteiger partial charge in [0.2, 0.25) is 10.0 Å². The highest BCUT2D eigenvalue weighted by molar-refractivity contribution is 7.92. The van der Waals surface area contributed by atoms with Crippen molar-refractivity contribution in [2.75, 3.05) is 24.1 Å². The first-order valence-corrected chi connectivity index (χ1v) is 12.0. The molecule has 0 atom stereocenters. The summed E-state index contributed by atoms with van der Waals surface area (Å²) >= 11 is 0. The molecular weight excluding hydrogens is 376 g/mol. The first-order valence-electron chi connectivity index (χ1n) is 10.1. The summed E-state index contributed by atoms with van der Waals surface area (Å²) in [6.45, 7) is 7.26. The van der Waals surface area contributed by atoms with Crippen LogP contribution in [0.3, 0.4) is 0 Å². The van der Waals surface area contributed by atoms with Gasteiger partial charge in [-0.15, -0.1) is 0 Å².